The van der Waals surface area contributed by atoms with E-state index in [-0.39, 0.29) is 6.61 Å². The lowest BCUT2D eigenvalue weighted by atomic mass is 10.0. The van der Waals surface area contributed by atoms with Crippen molar-refractivity contribution in [3.63, 3.8) is 0 Å². The molecule has 2 aromatic carbocycles. The van der Waals surface area contributed by atoms with Crippen molar-refractivity contribution in [3.05, 3.63) is 70.8 Å². The van der Waals surface area contributed by atoms with Crippen LogP contribution in [0.5, 0.6) is 0 Å². The van der Waals surface area contributed by atoms with Gasteiger partial charge in [-0.05, 0) is 56.0 Å². The summed E-state index contributed by atoms with van der Waals surface area (Å²) in [6, 6.07) is 17.2. The summed E-state index contributed by atoms with van der Waals surface area (Å²) in [5.41, 5.74) is 3.91. The van der Waals surface area contributed by atoms with Crippen LogP contribution in [0.2, 0.25) is 0 Å². The first-order valence-corrected chi connectivity index (χ1v) is 10.8. The van der Waals surface area contributed by atoms with Crippen molar-refractivity contribution >= 4 is 0 Å². The molecule has 1 heterocycles. The van der Waals surface area contributed by atoms with Crippen LogP contribution >= 0.6 is 0 Å². The summed E-state index contributed by atoms with van der Waals surface area (Å²) in [6.07, 6.45) is 0.799. The van der Waals surface area contributed by atoms with Gasteiger partial charge in [-0.3, -0.25) is 9.80 Å². The van der Waals surface area contributed by atoms with Crippen LogP contribution in [0.25, 0.3) is 0 Å². The normalized spacial score (nSPS) is 18.1. The van der Waals surface area contributed by atoms with Gasteiger partial charge in [-0.25, -0.2) is 0 Å². The molecule has 2 aromatic rings. The van der Waals surface area contributed by atoms with E-state index in [1.54, 1.807) is 13.8 Å². The van der Waals surface area contributed by atoms with Crippen molar-refractivity contribution in [2.45, 2.75) is 51.9 Å². The Morgan fingerprint density at radius 2 is 1.77 bits per heavy atom. The van der Waals surface area contributed by atoms with Crippen LogP contribution < -0.4 is 0 Å². The molecule has 0 radical (unpaired) electrons. The van der Waals surface area contributed by atoms with E-state index in [0.29, 0.717) is 6.04 Å². The Labute approximate surface area is 181 Å². The minimum atomic E-state index is -0.974. The van der Waals surface area contributed by atoms with Crippen molar-refractivity contribution in [2.75, 3.05) is 26.2 Å². The number of hydrogen-bond acceptors (Lipinski definition) is 4. The Morgan fingerprint density at radius 1 is 1.03 bits per heavy atom. The topological polar surface area (TPSA) is 46.9 Å². The lowest BCUT2D eigenvalue weighted by molar-refractivity contribution is 0.0498. The minimum Gasteiger partial charge on any atom is -0.396 e. The second kappa shape index (κ2) is 10.2. The van der Waals surface area contributed by atoms with E-state index in [4.69, 9.17) is 0 Å². The Morgan fingerprint density at radius 3 is 2.43 bits per heavy atom. The molecule has 1 fully saturated rings. The quantitative estimate of drug-likeness (QED) is 0.724. The molecule has 4 heteroatoms. The highest BCUT2D eigenvalue weighted by molar-refractivity contribution is 5.37. The van der Waals surface area contributed by atoms with Gasteiger partial charge in [0.05, 0.1) is 0 Å². The molecule has 0 aromatic heterocycles. The molecule has 4 nitrogen and oxygen atoms in total. The zero-order valence-electron chi connectivity index (χ0n) is 18.4. The average Bonchev–Trinajstić information content (AvgIpc) is 2.70. The molecule has 1 saturated heterocycles. The SMILES string of the molecule is Cc1ccccc1CN1CCN(Cc2ccc(C#CC(C)(C)O)cc2)CC1CCO. The Hall–Kier alpha value is -2.16. The Balaban J connectivity index is 1.60. The fourth-order valence-electron chi connectivity index (χ4n) is 3.91. The summed E-state index contributed by atoms with van der Waals surface area (Å²) < 4.78 is 0. The predicted molar refractivity (Wildman–Crippen MR) is 122 cm³/mol. The highest BCUT2D eigenvalue weighted by Gasteiger charge is 2.26. The third kappa shape index (κ3) is 6.68. The van der Waals surface area contributed by atoms with E-state index in [9.17, 15) is 10.2 Å². The van der Waals surface area contributed by atoms with Gasteiger partial charge in [0, 0.05) is 50.9 Å². The molecule has 1 unspecified atom stereocenters. The van der Waals surface area contributed by atoms with Crippen molar-refractivity contribution in [1.29, 1.82) is 0 Å². The summed E-state index contributed by atoms with van der Waals surface area (Å²) in [5.74, 6) is 5.88. The van der Waals surface area contributed by atoms with Crippen molar-refractivity contribution in [1.82, 2.24) is 9.80 Å². The van der Waals surface area contributed by atoms with Gasteiger partial charge in [0.15, 0.2) is 0 Å². The van der Waals surface area contributed by atoms with Gasteiger partial charge in [-0.1, -0.05) is 48.2 Å². The molecule has 2 N–H and O–H groups in total. The molecule has 160 valence electrons. The van der Waals surface area contributed by atoms with E-state index < -0.39 is 5.60 Å². The van der Waals surface area contributed by atoms with Crippen LogP contribution in [-0.2, 0) is 13.1 Å². The molecule has 0 spiro atoms. The van der Waals surface area contributed by atoms with Crippen LogP contribution in [0.4, 0.5) is 0 Å². The molecule has 0 amide bonds. The Bertz CT molecular complexity index is 874. The Kier molecular flexibility index (Phi) is 7.69. The maximum absolute atomic E-state index is 9.75. The summed E-state index contributed by atoms with van der Waals surface area (Å²) in [4.78, 5) is 5.00. The third-order valence-corrected chi connectivity index (χ3v) is 5.66. The van der Waals surface area contributed by atoms with Crippen molar-refractivity contribution in [3.8, 4) is 11.8 Å². The summed E-state index contributed by atoms with van der Waals surface area (Å²) in [7, 11) is 0. The molecule has 1 aliphatic heterocycles. The van der Waals surface area contributed by atoms with Gasteiger partial charge in [0.1, 0.15) is 5.60 Å². The fraction of sp³-hybridized carbons (Fsp3) is 0.462. The number of hydrogen-bond donors (Lipinski definition) is 2. The molecule has 1 atom stereocenters. The molecule has 30 heavy (non-hydrogen) atoms. The first-order chi connectivity index (χ1) is 14.3. The van der Waals surface area contributed by atoms with Gasteiger partial charge < -0.3 is 10.2 Å². The highest BCUT2D eigenvalue weighted by Crippen LogP contribution is 2.20. The minimum absolute atomic E-state index is 0.220. The fourth-order valence-corrected chi connectivity index (χ4v) is 3.91. The largest absolute Gasteiger partial charge is 0.396 e. The first kappa shape index (κ1) is 22.5. The van der Waals surface area contributed by atoms with E-state index in [0.717, 1.165) is 44.7 Å². The first-order valence-electron chi connectivity index (χ1n) is 10.8. The average molecular weight is 407 g/mol. The van der Waals surface area contributed by atoms with Gasteiger partial charge in [0.2, 0.25) is 0 Å². The van der Waals surface area contributed by atoms with Crippen LogP contribution in [-0.4, -0.2) is 57.9 Å². The zero-order valence-corrected chi connectivity index (χ0v) is 18.4. The molecule has 3 rings (SSSR count). The molecular formula is C26H34N2O2. The van der Waals surface area contributed by atoms with Gasteiger partial charge in [-0.2, -0.15) is 0 Å². The second-order valence-electron chi connectivity index (χ2n) is 8.80. The molecule has 0 bridgehead atoms. The van der Waals surface area contributed by atoms with Crippen LogP contribution in [0.15, 0.2) is 48.5 Å². The van der Waals surface area contributed by atoms with E-state index in [1.807, 2.05) is 12.1 Å². The van der Waals surface area contributed by atoms with Gasteiger partial charge >= 0.3 is 0 Å². The van der Waals surface area contributed by atoms with Crippen molar-refractivity contribution in [2.24, 2.45) is 0 Å². The van der Waals surface area contributed by atoms with Crippen LogP contribution in [0.3, 0.4) is 0 Å². The van der Waals surface area contributed by atoms with E-state index in [2.05, 4.69) is 65.0 Å². The number of aryl methyl sites for hydroxylation is 1. The number of rotatable bonds is 6. The van der Waals surface area contributed by atoms with Crippen LogP contribution in [0, 0.1) is 18.8 Å². The van der Waals surface area contributed by atoms with Gasteiger partial charge in [0.25, 0.3) is 0 Å². The van der Waals surface area contributed by atoms with Gasteiger partial charge in [-0.15, -0.1) is 0 Å². The third-order valence-electron chi connectivity index (χ3n) is 5.66. The maximum Gasteiger partial charge on any atom is 0.120 e. The monoisotopic (exact) mass is 406 g/mol. The standard InChI is InChI=1S/C26H34N2O2/c1-21-6-4-5-7-24(21)19-28-16-15-27(20-25(28)13-17-29)18-23-10-8-22(9-11-23)12-14-26(2,3)30/h4-11,25,29-30H,13,15-20H2,1-3H3. The number of benzene rings is 2. The number of aliphatic hydroxyl groups excluding tert-OH is 1. The predicted octanol–water partition coefficient (Wildman–Crippen LogP) is 3.19. The molecule has 0 saturated carbocycles. The van der Waals surface area contributed by atoms with Crippen LogP contribution in [0.1, 0.15) is 42.5 Å². The maximum atomic E-state index is 9.75. The number of piperazine rings is 1. The molecule has 0 aliphatic carbocycles. The van der Waals surface area contributed by atoms with E-state index in [1.165, 1.54) is 16.7 Å². The van der Waals surface area contributed by atoms with E-state index >= 15 is 0 Å². The smallest absolute Gasteiger partial charge is 0.120 e. The summed E-state index contributed by atoms with van der Waals surface area (Å²) in [6.45, 7) is 10.6. The second-order valence-corrected chi connectivity index (χ2v) is 8.80. The molecular weight excluding hydrogens is 372 g/mol. The van der Waals surface area contributed by atoms with Crippen molar-refractivity contribution < 1.29 is 10.2 Å². The summed E-state index contributed by atoms with van der Waals surface area (Å²) >= 11 is 0. The lowest BCUT2D eigenvalue weighted by Crippen LogP contribution is -2.52. The summed E-state index contributed by atoms with van der Waals surface area (Å²) in [5, 5.41) is 19.3. The molecule has 1 aliphatic rings. The lowest BCUT2D eigenvalue weighted by Gasteiger charge is -2.41. The highest BCUT2D eigenvalue weighted by atomic mass is 16.3. The number of aliphatic hydroxyl groups is 2. The number of nitrogens with zero attached hydrogens (tertiary/aromatic N) is 2. The zero-order chi connectivity index (χ0) is 21.6.